The Morgan fingerprint density at radius 3 is 2.39 bits per heavy atom. The van der Waals surface area contributed by atoms with Gasteiger partial charge in [0.05, 0.1) is 0 Å². The monoisotopic (exact) mass is 240 g/mol. The molecular weight excluding hydrogens is 228 g/mol. The lowest BCUT2D eigenvalue weighted by Gasteiger charge is -2.03. The lowest BCUT2D eigenvalue weighted by molar-refractivity contribution is -0.112. The molecule has 0 bridgehead atoms. The molecule has 0 fully saturated rings. The Balaban J connectivity index is 2.09. The van der Waals surface area contributed by atoms with Gasteiger partial charge in [-0.2, -0.15) is 0 Å². The van der Waals surface area contributed by atoms with E-state index in [2.05, 4.69) is 10.3 Å². The van der Waals surface area contributed by atoms with Gasteiger partial charge in [0.25, 0.3) is 11.7 Å². The summed E-state index contributed by atoms with van der Waals surface area (Å²) in [5.74, 6) is -0.884. The molecule has 0 atom stereocenters. The molecule has 1 N–H and O–H groups in total. The average molecular weight is 240 g/mol. The quantitative estimate of drug-likeness (QED) is 0.661. The number of hydrogen-bond acceptors (Lipinski definition) is 3. The van der Waals surface area contributed by atoms with Gasteiger partial charge in [0.15, 0.2) is 0 Å². The predicted molar refractivity (Wildman–Crippen MR) is 68.4 cm³/mol. The van der Waals surface area contributed by atoms with Crippen LogP contribution < -0.4 is 5.32 Å². The molecule has 1 heterocycles. The van der Waals surface area contributed by atoms with Crippen molar-refractivity contribution in [1.29, 1.82) is 0 Å². The zero-order valence-electron chi connectivity index (χ0n) is 9.88. The fraction of sp³-hybridized carbons (Fsp3) is 0.0714. The first-order chi connectivity index (χ1) is 8.66. The molecule has 0 aliphatic carbocycles. The van der Waals surface area contributed by atoms with Crippen molar-refractivity contribution in [1.82, 2.24) is 4.98 Å². The van der Waals surface area contributed by atoms with Gasteiger partial charge in [0.1, 0.15) is 5.82 Å². The molecule has 1 aromatic heterocycles. The Kier molecular flexibility index (Phi) is 3.48. The number of nitrogens with one attached hydrogen (secondary N) is 1. The van der Waals surface area contributed by atoms with E-state index in [1.54, 1.807) is 42.6 Å². The highest BCUT2D eigenvalue weighted by atomic mass is 16.2. The van der Waals surface area contributed by atoms with Crippen molar-refractivity contribution in [3.8, 4) is 0 Å². The molecule has 0 unspecified atom stereocenters. The van der Waals surface area contributed by atoms with Crippen LogP contribution in [-0.4, -0.2) is 16.7 Å². The summed E-state index contributed by atoms with van der Waals surface area (Å²) < 4.78 is 0. The lowest BCUT2D eigenvalue weighted by Crippen LogP contribution is -2.23. The number of carbonyl (C=O) groups is 2. The number of rotatable bonds is 3. The second-order valence-corrected chi connectivity index (χ2v) is 3.87. The standard InChI is InChI=1S/C14H12N2O2/c1-10-7-8-12(15-9-10)16-14(18)13(17)11-5-3-2-4-6-11/h2-9H,1H3,(H,15,16,18). The molecule has 0 aliphatic rings. The van der Waals surface area contributed by atoms with Crippen LogP contribution in [0.4, 0.5) is 5.82 Å². The fourth-order valence-electron chi connectivity index (χ4n) is 1.44. The van der Waals surface area contributed by atoms with Gasteiger partial charge in [-0.1, -0.05) is 36.4 Å². The fourth-order valence-corrected chi connectivity index (χ4v) is 1.44. The molecule has 0 aliphatic heterocycles. The Labute approximate surface area is 105 Å². The molecule has 90 valence electrons. The van der Waals surface area contributed by atoms with E-state index in [0.717, 1.165) is 5.56 Å². The highest BCUT2D eigenvalue weighted by Gasteiger charge is 2.15. The number of carbonyl (C=O) groups excluding carboxylic acids is 2. The second kappa shape index (κ2) is 5.23. The molecule has 4 nitrogen and oxygen atoms in total. The van der Waals surface area contributed by atoms with Crippen molar-refractivity contribution in [2.45, 2.75) is 6.92 Å². The smallest absolute Gasteiger partial charge is 0.297 e. The Morgan fingerprint density at radius 1 is 1.06 bits per heavy atom. The maximum absolute atomic E-state index is 11.8. The number of hydrogen-bond donors (Lipinski definition) is 1. The van der Waals surface area contributed by atoms with Crippen LogP contribution in [0.3, 0.4) is 0 Å². The van der Waals surface area contributed by atoms with Gasteiger partial charge in [-0.05, 0) is 18.6 Å². The Hall–Kier alpha value is -2.49. The van der Waals surface area contributed by atoms with E-state index in [9.17, 15) is 9.59 Å². The first kappa shape index (κ1) is 12.0. The molecule has 0 radical (unpaired) electrons. The number of nitrogens with zero attached hydrogens (tertiary/aromatic N) is 1. The SMILES string of the molecule is Cc1ccc(NC(=O)C(=O)c2ccccc2)nc1. The summed E-state index contributed by atoms with van der Waals surface area (Å²) in [6.45, 7) is 1.90. The number of anilines is 1. The lowest BCUT2D eigenvalue weighted by atomic mass is 10.1. The van der Waals surface area contributed by atoms with E-state index in [0.29, 0.717) is 11.4 Å². The van der Waals surface area contributed by atoms with Gasteiger partial charge >= 0.3 is 0 Å². The molecule has 0 saturated heterocycles. The summed E-state index contributed by atoms with van der Waals surface area (Å²) in [6, 6.07) is 11.9. The summed E-state index contributed by atoms with van der Waals surface area (Å²) in [4.78, 5) is 27.5. The first-order valence-corrected chi connectivity index (χ1v) is 5.50. The van der Waals surface area contributed by atoms with Crippen LogP contribution >= 0.6 is 0 Å². The number of aryl methyl sites for hydroxylation is 1. The van der Waals surface area contributed by atoms with Crippen LogP contribution in [0.2, 0.25) is 0 Å². The van der Waals surface area contributed by atoms with Crippen molar-refractivity contribution in [3.05, 3.63) is 59.8 Å². The molecule has 0 spiro atoms. The van der Waals surface area contributed by atoms with Gasteiger partial charge in [-0.25, -0.2) is 4.98 Å². The maximum Gasteiger partial charge on any atom is 0.297 e. The van der Waals surface area contributed by atoms with E-state index in [4.69, 9.17) is 0 Å². The summed E-state index contributed by atoms with van der Waals surface area (Å²) in [6.07, 6.45) is 1.63. The van der Waals surface area contributed by atoms with Crippen LogP contribution in [0, 0.1) is 6.92 Å². The summed E-state index contributed by atoms with van der Waals surface area (Å²) in [5, 5.41) is 2.47. The van der Waals surface area contributed by atoms with Crippen LogP contribution in [-0.2, 0) is 4.79 Å². The van der Waals surface area contributed by atoms with Crippen molar-refractivity contribution in [3.63, 3.8) is 0 Å². The maximum atomic E-state index is 11.8. The number of amides is 1. The van der Waals surface area contributed by atoms with Gasteiger partial charge in [0, 0.05) is 11.8 Å². The zero-order chi connectivity index (χ0) is 13.0. The normalized spacial score (nSPS) is 9.83. The van der Waals surface area contributed by atoms with Crippen LogP contribution in [0.25, 0.3) is 0 Å². The molecule has 2 rings (SSSR count). The number of pyridine rings is 1. The third-order valence-electron chi connectivity index (χ3n) is 2.40. The molecule has 1 amide bonds. The van der Waals surface area contributed by atoms with Crippen LogP contribution in [0.5, 0.6) is 0 Å². The highest BCUT2D eigenvalue weighted by molar-refractivity contribution is 6.46. The minimum absolute atomic E-state index is 0.363. The van der Waals surface area contributed by atoms with Crippen molar-refractivity contribution in [2.75, 3.05) is 5.32 Å². The van der Waals surface area contributed by atoms with Gasteiger partial charge < -0.3 is 5.32 Å². The molecule has 0 saturated carbocycles. The third kappa shape index (κ3) is 2.79. The number of aromatic nitrogens is 1. The Bertz CT molecular complexity index is 562. The van der Waals surface area contributed by atoms with Crippen molar-refractivity contribution < 1.29 is 9.59 Å². The van der Waals surface area contributed by atoms with Crippen LogP contribution in [0.15, 0.2) is 48.7 Å². The summed E-state index contributed by atoms with van der Waals surface area (Å²) >= 11 is 0. The average Bonchev–Trinajstić information content (AvgIpc) is 2.41. The van der Waals surface area contributed by atoms with E-state index >= 15 is 0 Å². The van der Waals surface area contributed by atoms with E-state index in [-0.39, 0.29) is 0 Å². The molecule has 2 aromatic rings. The highest BCUT2D eigenvalue weighted by Crippen LogP contribution is 2.06. The first-order valence-electron chi connectivity index (χ1n) is 5.50. The minimum Gasteiger partial charge on any atom is -0.304 e. The van der Waals surface area contributed by atoms with Crippen molar-refractivity contribution >= 4 is 17.5 Å². The molecule has 1 aromatic carbocycles. The van der Waals surface area contributed by atoms with E-state index in [1.165, 1.54) is 0 Å². The van der Waals surface area contributed by atoms with Gasteiger partial charge in [-0.3, -0.25) is 9.59 Å². The number of benzene rings is 1. The summed E-state index contributed by atoms with van der Waals surface area (Å²) in [7, 11) is 0. The predicted octanol–water partition coefficient (Wildman–Crippen LogP) is 2.21. The number of ketones is 1. The Morgan fingerprint density at radius 2 is 1.78 bits per heavy atom. The van der Waals surface area contributed by atoms with E-state index in [1.807, 2.05) is 13.0 Å². The van der Waals surface area contributed by atoms with E-state index < -0.39 is 11.7 Å². The number of Topliss-reactive ketones (excluding diaryl/α,β-unsaturated/α-hetero) is 1. The minimum atomic E-state index is -0.683. The van der Waals surface area contributed by atoms with Gasteiger partial charge in [-0.15, -0.1) is 0 Å². The van der Waals surface area contributed by atoms with Gasteiger partial charge in [0.2, 0.25) is 0 Å². The third-order valence-corrected chi connectivity index (χ3v) is 2.40. The zero-order valence-corrected chi connectivity index (χ0v) is 9.88. The molecule has 18 heavy (non-hydrogen) atoms. The second-order valence-electron chi connectivity index (χ2n) is 3.87. The molecular formula is C14H12N2O2. The summed E-state index contributed by atoms with van der Waals surface area (Å²) in [5.41, 5.74) is 1.35. The van der Waals surface area contributed by atoms with Crippen molar-refractivity contribution in [2.24, 2.45) is 0 Å². The van der Waals surface area contributed by atoms with Crippen LogP contribution in [0.1, 0.15) is 15.9 Å². The largest absolute Gasteiger partial charge is 0.304 e. The molecule has 4 heteroatoms. The topological polar surface area (TPSA) is 59.1 Å².